The van der Waals surface area contributed by atoms with Gasteiger partial charge in [-0.25, -0.2) is 0 Å². The number of hydrogen-bond donors (Lipinski definition) is 1. The van der Waals surface area contributed by atoms with Crippen LogP contribution < -0.4 is 5.73 Å². The molecule has 0 atom stereocenters. The second-order valence-electron chi connectivity index (χ2n) is 6.20. The molecular formula is C16H25N3S. The van der Waals surface area contributed by atoms with Crippen LogP contribution in [0.4, 0.5) is 0 Å². The topological polar surface area (TPSA) is 32.5 Å². The molecule has 1 aliphatic heterocycles. The van der Waals surface area contributed by atoms with E-state index in [4.69, 9.17) is 5.73 Å². The predicted molar refractivity (Wildman–Crippen MR) is 86.9 cm³/mol. The van der Waals surface area contributed by atoms with Crippen molar-refractivity contribution in [3.8, 4) is 11.8 Å². The molecule has 1 aromatic rings. The van der Waals surface area contributed by atoms with Gasteiger partial charge in [-0.1, -0.05) is 11.8 Å². The van der Waals surface area contributed by atoms with Gasteiger partial charge in [-0.05, 0) is 32.2 Å². The molecule has 110 valence electrons. The van der Waals surface area contributed by atoms with Crippen molar-refractivity contribution >= 4 is 11.3 Å². The highest BCUT2D eigenvalue weighted by atomic mass is 32.1. The van der Waals surface area contributed by atoms with Crippen LogP contribution in [-0.4, -0.2) is 48.1 Å². The van der Waals surface area contributed by atoms with Gasteiger partial charge in [0.25, 0.3) is 0 Å². The number of piperazine rings is 1. The Balaban J connectivity index is 1.92. The van der Waals surface area contributed by atoms with E-state index in [1.165, 1.54) is 4.88 Å². The van der Waals surface area contributed by atoms with E-state index in [0.29, 0.717) is 6.54 Å². The number of hydrogen-bond acceptors (Lipinski definition) is 4. The lowest BCUT2D eigenvalue weighted by molar-refractivity contribution is 0.0595. The van der Waals surface area contributed by atoms with Crippen LogP contribution in [0.5, 0.6) is 0 Å². The van der Waals surface area contributed by atoms with E-state index < -0.39 is 0 Å². The molecule has 0 aromatic carbocycles. The molecule has 2 heterocycles. The minimum atomic E-state index is 0.285. The van der Waals surface area contributed by atoms with Gasteiger partial charge in [0.05, 0.1) is 6.54 Å². The maximum atomic E-state index is 5.45. The van der Waals surface area contributed by atoms with Gasteiger partial charge in [0.15, 0.2) is 0 Å². The summed E-state index contributed by atoms with van der Waals surface area (Å²) in [5, 5.41) is 2.13. The van der Waals surface area contributed by atoms with Gasteiger partial charge < -0.3 is 5.73 Å². The molecule has 1 aromatic heterocycles. The summed E-state index contributed by atoms with van der Waals surface area (Å²) < 4.78 is 0. The monoisotopic (exact) mass is 291 g/mol. The highest BCUT2D eigenvalue weighted by molar-refractivity contribution is 7.10. The van der Waals surface area contributed by atoms with Gasteiger partial charge in [-0.2, -0.15) is 0 Å². The molecule has 1 fully saturated rings. The number of nitrogens with two attached hydrogens (primary N) is 1. The quantitative estimate of drug-likeness (QED) is 0.846. The minimum Gasteiger partial charge on any atom is -0.320 e. The van der Waals surface area contributed by atoms with Gasteiger partial charge in [0.1, 0.15) is 0 Å². The van der Waals surface area contributed by atoms with E-state index in [2.05, 4.69) is 53.9 Å². The van der Waals surface area contributed by atoms with E-state index >= 15 is 0 Å². The molecule has 3 nitrogen and oxygen atoms in total. The standard InChI is InChI=1S/C16H25N3S/c1-16(2,3)19-10-8-18(9-11-19)13-15-14(5-4-7-17)6-12-20-15/h6,12H,7-11,13,17H2,1-3H3. The van der Waals surface area contributed by atoms with Crippen LogP contribution in [0.3, 0.4) is 0 Å². The Morgan fingerprint density at radius 1 is 1.25 bits per heavy atom. The summed E-state index contributed by atoms with van der Waals surface area (Å²) in [5.74, 6) is 6.13. The van der Waals surface area contributed by atoms with E-state index in [9.17, 15) is 0 Å². The van der Waals surface area contributed by atoms with E-state index in [0.717, 1.165) is 38.3 Å². The maximum absolute atomic E-state index is 5.45. The van der Waals surface area contributed by atoms with Crippen molar-refractivity contribution in [1.29, 1.82) is 0 Å². The summed E-state index contributed by atoms with van der Waals surface area (Å²) in [4.78, 5) is 6.46. The first-order chi connectivity index (χ1) is 9.50. The molecule has 0 unspecified atom stereocenters. The van der Waals surface area contributed by atoms with Crippen molar-refractivity contribution in [2.45, 2.75) is 32.9 Å². The first-order valence-electron chi connectivity index (χ1n) is 7.23. The fourth-order valence-corrected chi connectivity index (χ4v) is 3.37. The lowest BCUT2D eigenvalue weighted by atomic mass is 10.0. The third kappa shape index (κ3) is 4.07. The minimum absolute atomic E-state index is 0.285. The Labute approximate surface area is 126 Å². The maximum Gasteiger partial charge on any atom is 0.0555 e. The smallest absolute Gasteiger partial charge is 0.0555 e. The third-order valence-electron chi connectivity index (χ3n) is 3.76. The Bertz CT molecular complexity index is 482. The fraction of sp³-hybridized carbons (Fsp3) is 0.625. The highest BCUT2D eigenvalue weighted by Gasteiger charge is 2.25. The Hall–Kier alpha value is -0.860. The van der Waals surface area contributed by atoms with Gasteiger partial charge in [-0.15, -0.1) is 11.3 Å². The first kappa shape index (κ1) is 15.5. The van der Waals surface area contributed by atoms with Crippen LogP contribution in [0.2, 0.25) is 0 Å². The lowest BCUT2D eigenvalue weighted by Gasteiger charge is -2.42. The molecule has 4 heteroatoms. The average molecular weight is 291 g/mol. The molecule has 0 saturated carbocycles. The molecule has 1 aliphatic rings. The summed E-state index contributed by atoms with van der Waals surface area (Å²) in [7, 11) is 0. The molecule has 0 spiro atoms. The van der Waals surface area contributed by atoms with Gasteiger partial charge in [0.2, 0.25) is 0 Å². The van der Waals surface area contributed by atoms with Crippen LogP contribution >= 0.6 is 11.3 Å². The fourth-order valence-electron chi connectivity index (χ4n) is 2.50. The largest absolute Gasteiger partial charge is 0.320 e. The van der Waals surface area contributed by atoms with Gasteiger partial charge in [-0.3, -0.25) is 9.80 Å². The zero-order valence-corrected chi connectivity index (χ0v) is 13.6. The zero-order valence-electron chi connectivity index (χ0n) is 12.8. The first-order valence-corrected chi connectivity index (χ1v) is 8.11. The zero-order chi connectivity index (χ0) is 14.6. The predicted octanol–water partition coefficient (Wildman–Crippen LogP) is 1.97. The van der Waals surface area contributed by atoms with E-state index in [-0.39, 0.29) is 5.54 Å². The van der Waals surface area contributed by atoms with Crippen molar-refractivity contribution in [2.24, 2.45) is 5.73 Å². The molecule has 0 bridgehead atoms. The summed E-state index contributed by atoms with van der Waals surface area (Å²) in [6.07, 6.45) is 0. The van der Waals surface area contributed by atoms with Crippen LogP contribution in [0.15, 0.2) is 11.4 Å². The average Bonchev–Trinajstić information content (AvgIpc) is 2.83. The summed E-state index contributed by atoms with van der Waals surface area (Å²) in [5.41, 5.74) is 6.89. The number of rotatable bonds is 2. The molecule has 0 aliphatic carbocycles. The molecule has 2 rings (SSSR count). The lowest BCUT2D eigenvalue weighted by Crippen LogP contribution is -2.53. The van der Waals surface area contributed by atoms with Gasteiger partial charge in [0, 0.05) is 48.7 Å². The van der Waals surface area contributed by atoms with E-state index in [1.54, 1.807) is 11.3 Å². The summed E-state index contributed by atoms with van der Waals surface area (Å²) in [6.45, 7) is 12.9. The number of nitrogens with zero attached hydrogens (tertiary/aromatic N) is 2. The second kappa shape index (κ2) is 6.73. The van der Waals surface area contributed by atoms with Crippen molar-refractivity contribution in [3.63, 3.8) is 0 Å². The summed E-state index contributed by atoms with van der Waals surface area (Å²) in [6, 6.07) is 2.11. The molecule has 1 saturated heterocycles. The highest BCUT2D eigenvalue weighted by Crippen LogP contribution is 2.21. The third-order valence-corrected chi connectivity index (χ3v) is 4.66. The van der Waals surface area contributed by atoms with E-state index in [1.807, 2.05) is 0 Å². The Morgan fingerprint density at radius 2 is 1.95 bits per heavy atom. The van der Waals surface area contributed by atoms with Crippen molar-refractivity contribution < 1.29 is 0 Å². The second-order valence-corrected chi connectivity index (χ2v) is 7.20. The molecule has 2 N–H and O–H groups in total. The molecule has 0 radical (unpaired) electrons. The Kier molecular flexibility index (Phi) is 5.22. The van der Waals surface area contributed by atoms with Crippen molar-refractivity contribution in [3.05, 3.63) is 21.9 Å². The summed E-state index contributed by atoms with van der Waals surface area (Å²) >= 11 is 1.80. The number of thiophene rings is 1. The normalized spacial score (nSPS) is 17.8. The van der Waals surface area contributed by atoms with Crippen LogP contribution in [0.1, 0.15) is 31.2 Å². The van der Waals surface area contributed by atoms with Gasteiger partial charge >= 0.3 is 0 Å². The van der Waals surface area contributed by atoms with Crippen LogP contribution in [0, 0.1) is 11.8 Å². The van der Waals surface area contributed by atoms with Crippen LogP contribution in [-0.2, 0) is 6.54 Å². The van der Waals surface area contributed by atoms with Crippen LogP contribution in [0.25, 0.3) is 0 Å². The molecule has 0 amide bonds. The SMILES string of the molecule is CC(C)(C)N1CCN(Cc2sccc2C#CCN)CC1. The van der Waals surface area contributed by atoms with Crippen molar-refractivity contribution in [1.82, 2.24) is 9.80 Å². The van der Waals surface area contributed by atoms with Crippen molar-refractivity contribution in [2.75, 3.05) is 32.7 Å². The molecular weight excluding hydrogens is 266 g/mol. The molecule has 20 heavy (non-hydrogen) atoms. The Morgan fingerprint density at radius 3 is 2.55 bits per heavy atom.